The number of pyridine rings is 11. The van der Waals surface area contributed by atoms with E-state index in [0.717, 1.165) is 84.9 Å². The number of H-pyrrole nitrogens is 6. The van der Waals surface area contributed by atoms with Crippen LogP contribution in [0.5, 0.6) is 0 Å². The molecule has 17 aromatic heterocycles. The Balaban J connectivity index is 0.000000132. The molecular weight excluding hydrogens is 1500 g/mol. The van der Waals surface area contributed by atoms with Gasteiger partial charge in [-0.05, 0) is 185 Å². The van der Waals surface area contributed by atoms with Crippen LogP contribution in [0.4, 0.5) is 0 Å². The molecule has 0 fully saturated rings. The number of carbonyl (C=O) groups excluding carboxylic acids is 3. The number of aliphatic carboxylic acids is 3. The van der Waals surface area contributed by atoms with Crippen LogP contribution in [0.15, 0.2) is 276 Å². The van der Waals surface area contributed by atoms with Crippen molar-refractivity contribution >= 4 is 102 Å². The van der Waals surface area contributed by atoms with Crippen molar-refractivity contribution in [2.75, 3.05) is 34.9 Å². The number of ether oxygens (including phenoxy) is 2. The molecule has 5 atom stereocenters. The lowest BCUT2D eigenvalue weighted by atomic mass is 9.81. The monoisotopic (exact) mass is 1580 g/mol. The second-order valence-corrected chi connectivity index (χ2v) is 26.7. The first kappa shape index (κ1) is 82.1. The number of carboxylic acid groups (broad SMARTS) is 3. The van der Waals surface area contributed by atoms with E-state index in [9.17, 15) is 39.0 Å². The molecule has 0 spiro atoms. The molecule has 5 unspecified atom stereocenters. The van der Waals surface area contributed by atoms with E-state index in [-0.39, 0.29) is 24.2 Å². The lowest BCUT2D eigenvalue weighted by molar-refractivity contribution is -0.160. The van der Waals surface area contributed by atoms with Gasteiger partial charge in [0.1, 0.15) is 33.9 Å². The summed E-state index contributed by atoms with van der Waals surface area (Å²) in [6, 6.07) is 43.6. The first-order valence-electron chi connectivity index (χ1n) is 37.3. The molecule has 0 aliphatic rings. The van der Waals surface area contributed by atoms with Crippen LogP contribution in [-0.2, 0) is 38.2 Å². The van der Waals surface area contributed by atoms with Crippen molar-refractivity contribution in [1.82, 2.24) is 95.4 Å². The van der Waals surface area contributed by atoms with Crippen molar-refractivity contribution in [2.24, 2.45) is 11.8 Å². The SMILES string of the molecule is CNC(=O)CC(c1cccnc1)c1c[nH]c2ncccc12.CNCCC(c1cccnc1)c1c[nH]c2ncccc12.COC(=O)C(C(=O)OC)C(c1cccnc1)c1c[nH]c2ncccc12.O=C(O)C(C(=O)O)C(c1cccnc1)c1c[nH]c2ncccc12.O=C(O)CC(c1cccnc1)c1c[nH]c2ncccc12.c1cnc2[nH]ccc2c1. The van der Waals surface area contributed by atoms with Crippen molar-refractivity contribution < 1.29 is 53.6 Å². The van der Waals surface area contributed by atoms with Crippen LogP contribution < -0.4 is 10.6 Å². The van der Waals surface area contributed by atoms with Gasteiger partial charge in [0.25, 0.3) is 0 Å². The summed E-state index contributed by atoms with van der Waals surface area (Å²) in [6.07, 6.45) is 39.8. The zero-order chi connectivity index (χ0) is 82.7. The van der Waals surface area contributed by atoms with Crippen LogP contribution in [0.3, 0.4) is 0 Å². The molecule has 17 heterocycles. The smallest absolute Gasteiger partial charge is 0.321 e. The maximum absolute atomic E-state index is 12.4. The summed E-state index contributed by atoms with van der Waals surface area (Å²) >= 11 is 0. The predicted octanol–water partition coefficient (Wildman–Crippen LogP) is 13.0. The lowest BCUT2D eigenvalue weighted by Gasteiger charge is -2.23. The molecule has 0 aliphatic heterocycles. The van der Waals surface area contributed by atoms with Crippen LogP contribution in [0.25, 0.3) is 66.2 Å². The lowest BCUT2D eigenvalue weighted by Crippen LogP contribution is -2.33. The average Bonchev–Trinajstić information content (AvgIpc) is 1.65. The molecule has 1 amide bonds. The molecule has 0 bridgehead atoms. The number of carbonyl (C=O) groups is 6. The molecule has 30 nitrogen and oxygen atoms in total. The number of hydrogen-bond donors (Lipinski definition) is 11. The third-order valence-electron chi connectivity index (χ3n) is 19.7. The van der Waals surface area contributed by atoms with Gasteiger partial charge >= 0.3 is 29.8 Å². The Labute approximate surface area is 674 Å². The van der Waals surface area contributed by atoms with Crippen molar-refractivity contribution in [3.8, 4) is 0 Å². The van der Waals surface area contributed by atoms with Crippen LogP contribution >= 0.6 is 0 Å². The standard InChI is InChI=1S/C18H17N3O4.C16H16N4O.C16H18N4.C16H13N3O4.C15H13N3O2.C7H6N2/c1-24-17(22)15(18(23)25-2)14(11-5-3-7-19-9-11)13-10-21-16-12(13)6-4-8-20-16;1-17-15(21)8-13(11-4-2-6-18-9-11)14-10-20-16-12(14)5-3-7-19-16;1-17-9-6-13(12-4-2-7-18-10-12)15-11-20-16-14(15)5-3-8-19-16;20-15(21)13(16(22)23)12(9-3-1-5-17-7-9)11-8-19-14-10(11)4-2-6-18-14;19-14(20)7-12(10-3-1-5-16-8-10)13-9-18-15-11(13)4-2-6-17-15;1-2-6-3-5-9-7(6)8-4-1/h3-10,14-15H,1-2H3,(H,20,21);2-7,9-10,13H,8H2,1H3,(H,17,21)(H,19,20);2-5,7-8,10-11,13,17H,6,9H2,1H3,(H,19,20);1-8,12-13H,(H,18,19)(H,20,21)(H,22,23);1-6,8-9,12H,7H2,(H,17,18)(H,19,20);1-5H,(H,8,9). The van der Waals surface area contributed by atoms with Crippen molar-refractivity contribution in [3.05, 3.63) is 331 Å². The Hall–Kier alpha value is -15.3. The fraction of sp³-hybridized carbons (Fsp3) is 0.170. The topological polar surface area (TPSA) is 442 Å². The molecule has 0 aromatic carbocycles. The number of methoxy groups -OCH3 is 2. The molecular formula is C88H83N19O11. The average molecular weight is 1580 g/mol. The molecule has 596 valence electrons. The first-order valence-corrected chi connectivity index (χ1v) is 37.3. The summed E-state index contributed by atoms with van der Waals surface area (Å²) in [4.78, 5) is 136. The van der Waals surface area contributed by atoms with Gasteiger partial charge in [0.15, 0.2) is 11.8 Å². The normalized spacial score (nSPS) is 12.2. The minimum Gasteiger partial charge on any atom is -0.481 e. The van der Waals surface area contributed by atoms with Gasteiger partial charge in [0, 0.05) is 212 Å². The van der Waals surface area contributed by atoms with E-state index in [0.29, 0.717) is 45.7 Å². The number of aromatic amines is 6. The number of hydrogen-bond acceptors (Lipinski definition) is 20. The van der Waals surface area contributed by atoms with Gasteiger partial charge in [-0.3, -0.25) is 53.7 Å². The predicted molar refractivity (Wildman–Crippen MR) is 443 cm³/mol. The highest BCUT2D eigenvalue weighted by Gasteiger charge is 2.41. The zero-order valence-corrected chi connectivity index (χ0v) is 64.4. The summed E-state index contributed by atoms with van der Waals surface area (Å²) in [6.45, 7) is 0.965. The number of rotatable bonds is 23. The minimum atomic E-state index is -1.63. The number of amides is 1. The zero-order valence-electron chi connectivity index (χ0n) is 64.4. The largest absolute Gasteiger partial charge is 0.481 e. The van der Waals surface area contributed by atoms with Gasteiger partial charge in [-0.2, -0.15) is 0 Å². The summed E-state index contributed by atoms with van der Waals surface area (Å²) in [5, 5.41) is 39.8. The minimum absolute atomic E-state index is 0.00194. The molecule has 11 N–H and O–H groups in total. The van der Waals surface area contributed by atoms with Crippen LogP contribution in [0.2, 0.25) is 0 Å². The van der Waals surface area contributed by atoms with Crippen molar-refractivity contribution in [1.29, 1.82) is 0 Å². The molecule has 118 heavy (non-hydrogen) atoms. The number of nitrogens with zero attached hydrogens (tertiary/aromatic N) is 11. The molecule has 17 aromatic rings. The van der Waals surface area contributed by atoms with E-state index in [1.54, 1.807) is 124 Å². The summed E-state index contributed by atoms with van der Waals surface area (Å²) in [5.74, 6) is -9.20. The number of esters is 2. The van der Waals surface area contributed by atoms with E-state index in [1.807, 2.05) is 141 Å². The summed E-state index contributed by atoms with van der Waals surface area (Å²) < 4.78 is 9.72. The third-order valence-corrected chi connectivity index (χ3v) is 19.7. The second kappa shape index (κ2) is 40.4. The number of carboxylic acids is 3. The quantitative estimate of drug-likeness (QED) is 0.0209. The Kier molecular flexibility index (Phi) is 28.1. The molecule has 0 saturated heterocycles. The van der Waals surface area contributed by atoms with Crippen molar-refractivity contribution in [3.63, 3.8) is 0 Å². The fourth-order valence-corrected chi connectivity index (χ4v) is 14.2. The van der Waals surface area contributed by atoms with Gasteiger partial charge in [-0.25, -0.2) is 29.9 Å². The van der Waals surface area contributed by atoms with E-state index < -0.39 is 53.5 Å². The maximum atomic E-state index is 12.4. The van der Waals surface area contributed by atoms with Gasteiger partial charge in [0.05, 0.1) is 20.6 Å². The molecule has 0 radical (unpaired) electrons. The number of fused-ring (bicyclic) bond motifs is 6. The Morgan fingerprint density at radius 1 is 0.364 bits per heavy atom. The van der Waals surface area contributed by atoms with E-state index in [2.05, 4.69) is 114 Å². The molecule has 30 heteroatoms. The number of aromatic nitrogens is 17. The molecule has 0 saturated carbocycles. The van der Waals surface area contributed by atoms with Gasteiger partial charge in [-0.1, -0.05) is 30.3 Å². The molecule has 17 rings (SSSR count). The Bertz CT molecular complexity index is 6060. The summed E-state index contributed by atoms with van der Waals surface area (Å²) in [7, 11) is 6.13. The number of nitrogens with one attached hydrogen (secondary N) is 8. The van der Waals surface area contributed by atoms with E-state index in [4.69, 9.17) is 14.6 Å². The van der Waals surface area contributed by atoms with Crippen LogP contribution in [0.1, 0.15) is 104 Å². The molecule has 0 aliphatic carbocycles. The third kappa shape index (κ3) is 20.0. The Morgan fingerprint density at radius 3 is 1.03 bits per heavy atom. The van der Waals surface area contributed by atoms with E-state index in [1.165, 1.54) is 36.9 Å². The maximum Gasteiger partial charge on any atom is 0.321 e. The van der Waals surface area contributed by atoms with Gasteiger partial charge in [-0.15, -0.1) is 0 Å². The van der Waals surface area contributed by atoms with Gasteiger partial charge in [0.2, 0.25) is 5.91 Å². The van der Waals surface area contributed by atoms with Crippen molar-refractivity contribution in [2.45, 2.75) is 48.9 Å². The van der Waals surface area contributed by atoms with Gasteiger partial charge < -0.3 is 65.3 Å². The highest BCUT2D eigenvalue weighted by atomic mass is 16.5. The second-order valence-electron chi connectivity index (χ2n) is 26.7. The summed E-state index contributed by atoms with van der Waals surface area (Å²) in [5.41, 5.74) is 13.7. The first-order chi connectivity index (χ1) is 57.7. The fourth-order valence-electron chi connectivity index (χ4n) is 14.2. The van der Waals surface area contributed by atoms with Crippen LogP contribution in [0, 0.1) is 11.8 Å². The highest BCUT2D eigenvalue weighted by molar-refractivity contribution is 5.98. The highest BCUT2D eigenvalue weighted by Crippen LogP contribution is 2.40. The van der Waals surface area contributed by atoms with Crippen LogP contribution in [-0.4, -0.2) is 171 Å². The van der Waals surface area contributed by atoms with E-state index >= 15 is 0 Å². The Morgan fingerprint density at radius 2 is 0.686 bits per heavy atom.